The van der Waals surface area contributed by atoms with Crippen molar-refractivity contribution in [2.24, 2.45) is 5.92 Å². The smallest absolute Gasteiger partial charge is 0.307 e. The molecule has 0 heterocycles. The summed E-state index contributed by atoms with van der Waals surface area (Å²) in [6.45, 7) is 0. The van der Waals surface area contributed by atoms with Crippen molar-refractivity contribution in [3.8, 4) is 5.75 Å². The van der Waals surface area contributed by atoms with Crippen LogP contribution in [0.1, 0.15) is 17.5 Å². The third kappa shape index (κ3) is 1.86. The Morgan fingerprint density at radius 1 is 1.10 bits per heavy atom. The van der Waals surface area contributed by atoms with Crippen LogP contribution in [0.25, 0.3) is 0 Å². The third-order valence-electron chi connectivity index (χ3n) is 4.15. The summed E-state index contributed by atoms with van der Waals surface area (Å²) in [5.41, 5.74) is 1.72. The molecule has 3 rings (SSSR count). The van der Waals surface area contributed by atoms with Gasteiger partial charge in [0.2, 0.25) is 0 Å². The fourth-order valence-electron chi connectivity index (χ4n) is 2.99. The summed E-state index contributed by atoms with van der Waals surface area (Å²) >= 11 is 0. The number of hydrogen-bond donors (Lipinski definition) is 1. The SMILES string of the molecule is COc1ccc(C2(c3ccccc3)CC2C(=O)O)cc1. The minimum absolute atomic E-state index is 0.349. The fraction of sp³-hybridized carbons (Fsp3) is 0.235. The summed E-state index contributed by atoms with van der Waals surface area (Å²) < 4.78 is 5.17. The molecule has 2 aromatic carbocycles. The maximum Gasteiger partial charge on any atom is 0.307 e. The molecule has 0 bridgehead atoms. The van der Waals surface area contributed by atoms with Crippen LogP contribution in [0, 0.1) is 5.92 Å². The molecule has 1 fully saturated rings. The van der Waals surface area contributed by atoms with Gasteiger partial charge < -0.3 is 9.84 Å². The van der Waals surface area contributed by atoms with Gasteiger partial charge in [-0.15, -0.1) is 0 Å². The van der Waals surface area contributed by atoms with Gasteiger partial charge in [0.25, 0.3) is 0 Å². The lowest BCUT2D eigenvalue weighted by atomic mass is 9.85. The number of rotatable bonds is 4. The van der Waals surface area contributed by atoms with Crippen LogP contribution in [0.15, 0.2) is 54.6 Å². The van der Waals surface area contributed by atoms with Crippen molar-refractivity contribution in [3.05, 3.63) is 65.7 Å². The van der Waals surface area contributed by atoms with E-state index in [1.807, 2.05) is 54.6 Å². The summed E-state index contributed by atoms with van der Waals surface area (Å²) in [7, 11) is 1.62. The number of aliphatic carboxylic acids is 1. The molecule has 2 atom stereocenters. The maximum atomic E-state index is 11.4. The lowest BCUT2D eigenvalue weighted by Crippen LogP contribution is -2.16. The van der Waals surface area contributed by atoms with Crippen molar-refractivity contribution in [1.29, 1.82) is 0 Å². The van der Waals surface area contributed by atoms with Crippen LogP contribution in [0.3, 0.4) is 0 Å². The van der Waals surface area contributed by atoms with Crippen molar-refractivity contribution >= 4 is 5.97 Å². The van der Waals surface area contributed by atoms with E-state index in [-0.39, 0.29) is 11.3 Å². The maximum absolute atomic E-state index is 11.4. The van der Waals surface area contributed by atoms with Crippen LogP contribution in [-0.2, 0) is 10.2 Å². The standard InChI is InChI=1S/C17H16O3/c1-20-14-9-7-13(8-10-14)17(11-15(17)16(18)19)12-5-3-2-4-6-12/h2-10,15H,11H2,1H3,(H,18,19). The Labute approximate surface area is 117 Å². The highest BCUT2D eigenvalue weighted by Crippen LogP contribution is 2.59. The van der Waals surface area contributed by atoms with Crippen molar-refractivity contribution in [3.63, 3.8) is 0 Å². The van der Waals surface area contributed by atoms with Gasteiger partial charge in [0.15, 0.2) is 0 Å². The monoisotopic (exact) mass is 268 g/mol. The summed E-state index contributed by atoms with van der Waals surface area (Å²) in [6, 6.07) is 17.6. The molecule has 2 unspecified atom stereocenters. The summed E-state index contributed by atoms with van der Waals surface area (Å²) in [4.78, 5) is 11.4. The quantitative estimate of drug-likeness (QED) is 0.927. The number of carboxylic acids is 1. The predicted molar refractivity (Wildman–Crippen MR) is 76.0 cm³/mol. The van der Waals surface area contributed by atoms with Crippen LogP contribution in [0.4, 0.5) is 0 Å². The van der Waals surface area contributed by atoms with Crippen LogP contribution < -0.4 is 4.74 Å². The number of carboxylic acid groups (broad SMARTS) is 1. The second-order valence-corrected chi connectivity index (χ2v) is 5.16. The van der Waals surface area contributed by atoms with Crippen LogP contribution in [-0.4, -0.2) is 18.2 Å². The van der Waals surface area contributed by atoms with E-state index in [0.717, 1.165) is 16.9 Å². The molecule has 0 amide bonds. The van der Waals surface area contributed by atoms with E-state index in [4.69, 9.17) is 4.74 Å². The zero-order valence-corrected chi connectivity index (χ0v) is 11.2. The minimum Gasteiger partial charge on any atom is -0.497 e. The van der Waals surface area contributed by atoms with E-state index in [9.17, 15) is 9.90 Å². The van der Waals surface area contributed by atoms with Gasteiger partial charge in [-0.3, -0.25) is 4.79 Å². The van der Waals surface area contributed by atoms with Gasteiger partial charge in [0, 0.05) is 5.41 Å². The molecule has 0 aromatic heterocycles. The van der Waals surface area contributed by atoms with Gasteiger partial charge in [0.05, 0.1) is 13.0 Å². The molecule has 20 heavy (non-hydrogen) atoms. The zero-order valence-electron chi connectivity index (χ0n) is 11.2. The first-order valence-electron chi connectivity index (χ1n) is 6.61. The van der Waals surface area contributed by atoms with Gasteiger partial charge >= 0.3 is 5.97 Å². The van der Waals surface area contributed by atoms with E-state index in [1.165, 1.54) is 0 Å². The van der Waals surface area contributed by atoms with Crippen LogP contribution >= 0.6 is 0 Å². The summed E-state index contributed by atoms with van der Waals surface area (Å²) in [5.74, 6) is -0.299. The molecule has 1 aliphatic carbocycles. The largest absolute Gasteiger partial charge is 0.497 e. The minimum atomic E-state index is -0.732. The van der Waals surface area contributed by atoms with Crippen LogP contribution in [0.2, 0.25) is 0 Å². The normalized spacial score (nSPS) is 24.1. The molecular formula is C17H16O3. The molecule has 2 aromatic rings. The predicted octanol–water partition coefficient (Wildman–Crippen LogP) is 3.09. The third-order valence-corrected chi connectivity index (χ3v) is 4.15. The first-order valence-corrected chi connectivity index (χ1v) is 6.61. The van der Waals surface area contributed by atoms with E-state index < -0.39 is 5.97 Å². The Morgan fingerprint density at radius 3 is 2.20 bits per heavy atom. The van der Waals surface area contributed by atoms with Gasteiger partial charge in [0.1, 0.15) is 5.75 Å². The van der Waals surface area contributed by atoms with Gasteiger partial charge in [-0.25, -0.2) is 0 Å². The van der Waals surface area contributed by atoms with Crippen molar-refractivity contribution in [2.75, 3.05) is 7.11 Å². The summed E-state index contributed by atoms with van der Waals surface area (Å²) in [6.07, 6.45) is 0.651. The summed E-state index contributed by atoms with van der Waals surface area (Å²) in [5, 5.41) is 9.39. The zero-order chi connectivity index (χ0) is 14.2. The Hall–Kier alpha value is -2.29. The molecule has 0 saturated heterocycles. The lowest BCUT2D eigenvalue weighted by molar-refractivity contribution is -0.138. The molecule has 0 aliphatic heterocycles. The molecule has 1 aliphatic rings. The Kier molecular flexibility index (Phi) is 2.97. The Morgan fingerprint density at radius 2 is 1.70 bits per heavy atom. The van der Waals surface area contributed by atoms with E-state index in [1.54, 1.807) is 7.11 Å². The van der Waals surface area contributed by atoms with E-state index in [0.29, 0.717) is 6.42 Å². The Bertz CT molecular complexity index is 618. The number of methoxy groups -OCH3 is 1. The second kappa shape index (κ2) is 4.67. The lowest BCUT2D eigenvalue weighted by Gasteiger charge is -2.18. The number of carbonyl (C=O) groups is 1. The van der Waals surface area contributed by atoms with Crippen LogP contribution in [0.5, 0.6) is 5.75 Å². The molecule has 1 N–H and O–H groups in total. The molecule has 3 nitrogen and oxygen atoms in total. The van der Waals surface area contributed by atoms with Gasteiger partial charge in [-0.2, -0.15) is 0 Å². The van der Waals surface area contributed by atoms with E-state index in [2.05, 4.69) is 0 Å². The molecular weight excluding hydrogens is 252 g/mol. The first-order chi connectivity index (χ1) is 9.68. The molecule has 102 valence electrons. The first kappa shape index (κ1) is 12.7. The Balaban J connectivity index is 2.06. The van der Waals surface area contributed by atoms with E-state index >= 15 is 0 Å². The topological polar surface area (TPSA) is 46.5 Å². The number of ether oxygens (including phenoxy) is 1. The van der Waals surface area contributed by atoms with Gasteiger partial charge in [-0.05, 0) is 29.7 Å². The van der Waals surface area contributed by atoms with Crippen molar-refractivity contribution in [1.82, 2.24) is 0 Å². The molecule has 0 spiro atoms. The molecule has 1 saturated carbocycles. The van der Waals surface area contributed by atoms with Crippen molar-refractivity contribution in [2.45, 2.75) is 11.8 Å². The second-order valence-electron chi connectivity index (χ2n) is 5.16. The number of hydrogen-bond acceptors (Lipinski definition) is 2. The average molecular weight is 268 g/mol. The van der Waals surface area contributed by atoms with Crippen molar-refractivity contribution < 1.29 is 14.6 Å². The fourth-order valence-corrected chi connectivity index (χ4v) is 2.99. The van der Waals surface area contributed by atoms with Gasteiger partial charge in [-0.1, -0.05) is 42.5 Å². The molecule has 0 radical (unpaired) electrons. The molecule has 3 heteroatoms. The number of benzene rings is 2. The average Bonchev–Trinajstić information content (AvgIpc) is 3.25. The highest BCUT2D eigenvalue weighted by molar-refractivity contribution is 5.79. The highest BCUT2D eigenvalue weighted by atomic mass is 16.5. The highest BCUT2D eigenvalue weighted by Gasteiger charge is 2.60.